The number of fused-ring (bicyclic) bond motifs is 1. The molecule has 1 fully saturated rings. The van der Waals surface area contributed by atoms with Crippen LogP contribution in [0, 0.1) is 5.92 Å². The molecule has 3 aromatic rings. The Bertz CT molecular complexity index is 894. The first-order valence-electron chi connectivity index (χ1n) is 8.62. The molecule has 4 rings (SSSR count). The Balaban J connectivity index is 1.37. The Morgan fingerprint density at radius 2 is 2.38 bits per heavy atom. The maximum absolute atomic E-state index is 12.5. The van der Waals surface area contributed by atoms with Crippen molar-refractivity contribution in [3.63, 3.8) is 0 Å². The highest BCUT2D eigenvalue weighted by molar-refractivity contribution is 6.31. The molecule has 136 valence electrons. The Morgan fingerprint density at radius 3 is 3.23 bits per heavy atom. The van der Waals surface area contributed by atoms with Crippen molar-refractivity contribution in [2.75, 3.05) is 24.5 Å². The second kappa shape index (κ2) is 7.33. The van der Waals surface area contributed by atoms with E-state index in [1.807, 2.05) is 11.0 Å². The number of aromatic amines is 1. The van der Waals surface area contributed by atoms with Crippen LogP contribution in [0.3, 0.4) is 0 Å². The highest BCUT2D eigenvalue weighted by Gasteiger charge is 2.28. The Kier molecular flexibility index (Phi) is 4.75. The van der Waals surface area contributed by atoms with Crippen molar-refractivity contribution in [3.8, 4) is 0 Å². The molecule has 8 nitrogen and oxygen atoms in total. The molecule has 2 aromatic heterocycles. The van der Waals surface area contributed by atoms with Gasteiger partial charge in [-0.3, -0.25) is 4.79 Å². The number of anilines is 1. The van der Waals surface area contributed by atoms with Crippen molar-refractivity contribution in [2.45, 2.75) is 19.3 Å². The Labute approximate surface area is 154 Å². The highest BCUT2D eigenvalue weighted by Crippen LogP contribution is 2.27. The number of carbonyl (C=O) groups excluding carboxylic acids is 1. The lowest BCUT2D eigenvalue weighted by molar-refractivity contribution is -0.125. The number of piperidine rings is 1. The quantitative estimate of drug-likeness (QED) is 0.710. The fourth-order valence-corrected chi connectivity index (χ4v) is 3.36. The van der Waals surface area contributed by atoms with Crippen molar-refractivity contribution in [1.82, 2.24) is 25.7 Å². The van der Waals surface area contributed by atoms with Crippen LogP contribution in [0.1, 0.15) is 18.5 Å². The molecule has 3 heterocycles. The molecule has 1 aliphatic rings. The van der Waals surface area contributed by atoms with Crippen LogP contribution in [0.2, 0.25) is 5.02 Å². The summed E-state index contributed by atoms with van der Waals surface area (Å²) in [5, 5.41) is 13.9. The molecule has 1 aliphatic heterocycles. The molecule has 0 spiro atoms. The van der Waals surface area contributed by atoms with E-state index in [4.69, 9.17) is 16.0 Å². The number of nitrogens with one attached hydrogen (secondary N) is 2. The van der Waals surface area contributed by atoms with Crippen molar-refractivity contribution in [1.29, 1.82) is 0 Å². The summed E-state index contributed by atoms with van der Waals surface area (Å²) in [6.07, 6.45) is 4.10. The first-order valence-corrected chi connectivity index (χ1v) is 9.00. The van der Waals surface area contributed by atoms with Gasteiger partial charge in [0.15, 0.2) is 5.58 Å². The minimum atomic E-state index is -0.0836. The normalized spacial score (nSPS) is 17.6. The smallest absolute Gasteiger partial charge is 0.298 e. The van der Waals surface area contributed by atoms with Crippen molar-refractivity contribution in [2.24, 2.45) is 5.92 Å². The fraction of sp³-hybridized carbons (Fsp3) is 0.412. The number of halogens is 1. The van der Waals surface area contributed by atoms with Crippen LogP contribution in [0.25, 0.3) is 11.1 Å². The number of benzene rings is 1. The summed E-state index contributed by atoms with van der Waals surface area (Å²) in [5.74, 6) is -0.0305. The van der Waals surface area contributed by atoms with Crippen LogP contribution in [0.5, 0.6) is 0 Å². The summed E-state index contributed by atoms with van der Waals surface area (Å²) in [7, 11) is 0. The SMILES string of the molecule is O=C(NCCc1cn[nH]n1)C1CCCN(c2nc3cc(Cl)ccc3o2)C1. The van der Waals surface area contributed by atoms with E-state index in [1.54, 1.807) is 18.3 Å². The first kappa shape index (κ1) is 16.8. The van der Waals surface area contributed by atoms with Gasteiger partial charge in [-0.15, -0.1) is 0 Å². The molecule has 9 heteroatoms. The molecule has 0 radical (unpaired) electrons. The zero-order chi connectivity index (χ0) is 17.9. The van der Waals surface area contributed by atoms with E-state index < -0.39 is 0 Å². The number of nitrogens with zero attached hydrogens (tertiary/aromatic N) is 4. The van der Waals surface area contributed by atoms with E-state index in [1.165, 1.54) is 0 Å². The van der Waals surface area contributed by atoms with Gasteiger partial charge in [-0.1, -0.05) is 11.6 Å². The maximum Gasteiger partial charge on any atom is 0.298 e. The third-order valence-corrected chi connectivity index (χ3v) is 4.78. The number of rotatable bonds is 5. The highest BCUT2D eigenvalue weighted by atomic mass is 35.5. The summed E-state index contributed by atoms with van der Waals surface area (Å²) in [5.41, 5.74) is 2.26. The minimum Gasteiger partial charge on any atom is -0.423 e. The van der Waals surface area contributed by atoms with Gasteiger partial charge in [0.2, 0.25) is 5.91 Å². The summed E-state index contributed by atoms with van der Waals surface area (Å²) >= 11 is 6.01. The number of oxazole rings is 1. The largest absolute Gasteiger partial charge is 0.423 e. The molecule has 26 heavy (non-hydrogen) atoms. The van der Waals surface area contributed by atoms with Crippen LogP contribution in [-0.2, 0) is 11.2 Å². The number of hydrogen-bond donors (Lipinski definition) is 2. The predicted molar refractivity (Wildman–Crippen MR) is 97.1 cm³/mol. The molecule has 1 unspecified atom stereocenters. The van der Waals surface area contributed by atoms with E-state index in [0.29, 0.717) is 36.1 Å². The van der Waals surface area contributed by atoms with Gasteiger partial charge in [-0.05, 0) is 31.0 Å². The van der Waals surface area contributed by atoms with E-state index in [-0.39, 0.29) is 11.8 Å². The van der Waals surface area contributed by atoms with Crippen LogP contribution in [0.4, 0.5) is 6.01 Å². The fourth-order valence-electron chi connectivity index (χ4n) is 3.19. The molecule has 1 amide bonds. The summed E-state index contributed by atoms with van der Waals surface area (Å²) in [6.45, 7) is 1.96. The van der Waals surface area contributed by atoms with Gasteiger partial charge >= 0.3 is 0 Å². The van der Waals surface area contributed by atoms with Gasteiger partial charge in [-0.2, -0.15) is 20.4 Å². The topological polar surface area (TPSA) is 99.9 Å². The molecule has 0 bridgehead atoms. The lowest BCUT2D eigenvalue weighted by Gasteiger charge is -2.30. The maximum atomic E-state index is 12.5. The van der Waals surface area contributed by atoms with E-state index in [0.717, 1.165) is 30.6 Å². The Morgan fingerprint density at radius 1 is 1.46 bits per heavy atom. The van der Waals surface area contributed by atoms with E-state index >= 15 is 0 Å². The molecular weight excluding hydrogens is 356 g/mol. The van der Waals surface area contributed by atoms with Crippen LogP contribution < -0.4 is 10.2 Å². The lowest BCUT2D eigenvalue weighted by Crippen LogP contribution is -2.43. The monoisotopic (exact) mass is 374 g/mol. The van der Waals surface area contributed by atoms with Crippen LogP contribution in [-0.4, -0.2) is 45.9 Å². The molecule has 2 N–H and O–H groups in total. The van der Waals surface area contributed by atoms with E-state index in [2.05, 4.69) is 25.7 Å². The van der Waals surface area contributed by atoms with Gasteiger partial charge < -0.3 is 14.6 Å². The van der Waals surface area contributed by atoms with Crippen molar-refractivity contribution in [3.05, 3.63) is 35.1 Å². The third-order valence-electron chi connectivity index (χ3n) is 4.55. The number of carbonyl (C=O) groups is 1. The van der Waals surface area contributed by atoms with Crippen molar-refractivity contribution >= 4 is 34.6 Å². The van der Waals surface area contributed by atoms with Gasteiger partial charge in [0, 0.05) is 31.1 Å². The number of H-pyrrole nitrogens is 1. The molecular formula is C17H19ClN6O2. The standard InChI is InChI=1S/C17H19ClN6O2/c18-12-3-4-15-14(8-12)21-17(26-15)24-7-1-2-11(10-24)16(25)19-6-5-13-9-20-23-22-13/h3-4,8-9,11H,1-2,5-7,10H2,(H,19,25)(H,20,22,23). The molecule has 1 saturated heterocycles. The van der Waals surface area contributed by atoms with Gasteiger partial charge in [-0.25, -0.2) is 0 Å². The van der Waals surface area contributed by atoms with Crippen LogP contribution in [0.15, 0.2) is 28.8 Å². The summed E-state index contributed by atoms with van der Waals surface area (Å²) in [6, 6.07) is 5.91. The van der Waals surface area contributed by atoms with Gasteiger partial charge in [0.25, 0.3) is 6.01 Å². The summed E-state index contributed by atoms with van der Waals surface area (Å²) < 4.78 is 5.83. The second-order valence-electron chi connectivity index (χ2n) is 6.40. The lowest BCUT2D eigenvalue weighted by atomic mass is 9.97. The Hall–Kier alpha value is -2.61. The zero-order valence-corrected chi connectivity index (χ0v) is 14.9. The molecule has 1 atom stereocenters. The summed E-state index contributed by atoms with van der Waals surface area (Å²) in [4.78, 5) is 19.0. The average Bonchev–Trinajstić information content (AvgIpc) is 3.31. The minimum absolute atomic E-state index is 0.0531. The average molecular weight is 375 g/mol. The number of aromatic nitrogens is 4. The first-order chi connectivity index (χ1) is 12.7. The second-order valence-corrected chi connectivity index (χ2v) is 6.83. The number of amides is 1. The molecule has 0 saturated carbocycles. The van der Waals surface area contributed by atoms with E-state index in [9.17, 15) is 4.79 Å². The predicted octanol–water partition coefficient (Wildman–Crippen LogP) is 2.17. The third kappa shape index (κ3) is 3.65. The van der Waals surface area contributed by atoms with Crippen molar-refractivity contribution < 1.29 is 9.21 Å². The zero-order valence-electron chi connectivity index (χ0n) is 14.1. The van der Waals surface area contributed by atoms with Gasteiger partial charge in [0.1, 0.15) is 5.52 Å². The van der Waals surface area contributed by atoms with Crippen LogP contribution >= 0.6 is 11.6 Å². The molecule has 1 aromatic carbocycles. The number of hydrogen-bond acceptors (Lipinski definition) is 6. The molecule has 0 aliphatic carbocycles. The van der Waals surface area contributed by atoms with Gasteiger partial charge in [0.05, 0.1) is 17.8 Å².